The molecule has 12 nitrogen and oxygen atoms in total. The zero-order valence-corrected chi connectivity index (χ0v) is 24.6. The van der Waals surface area contributed by atoms with Crippen molar-refractivity contribution in [2.75, 3.05) is 13.1 Å². The molecule has 1 aromatic rings. The van der Waals surface area contributed by atoms with E-state index in [0.717, 1.165) is 29.9 Å². The van der Waals surface area contributed by atoms with Gasteiger partial charge in [-0.3, -0.25) is 24.0 Å². The van der Waals surface area contributed by atoms with Crippen molar-refractivity contribution in [2.24, 2.45) is 23.5 Å². The van der Waals surface area contributed by atoms with Gasteiger partial charge in [-0.05, 0) is 61.0 Å². The molecule has 42 heavy (non-hydrogen) atoms. The van der Waals surface area contributed by atoms with Crippen LogP contribution in [0.1, 0.15) is 64.0 Å². The maximum Gasteiger partial charge on any atom is 0.323 e. The van der Waals surface area contributed by atoms with E-state index in [-0.39, 0.29) is 18.4 Å². The van der Waals surface area contributed by atoms with Crippen LogP contribution >= 0.6 is 0 Å². The standard InChI is InChI=1S/C26H33N5O7.C4H10/c27-23(35)22(34)18(10-14-7-8-14)29-24(36)19-6-3-9-31(19)25(37)21(30-26(38)28-13-20(32)33)17-11-15-4-1-2-5-16(15)12-17;1-4(2)3/h1-2,4-5,14,17-19,21H,3,6-13H2,(H2,27,35)(H,29,36)(H,32,33)(H2,28,30,38);4H,1-3H3/t18?,19-,21?;/m0./s1. The maximum absolute atomic E-state index is 13.8. The third-order valence-electron chi connectivity index (χ3n) is 7.49. The number of nitrogens with two attached hydrogens (primary N) is 1. The molecule has 0 radical (unpaired) electrons. The number of likely N-dealkylation sites (tertiary alicyclic amines) is 1. The van der Waals surface area contributed by atoms with E-state index in [0.29, 0.717) is 32.1 Å². The number of Topliss-reactive ketones (excluding diaryl/α,β-unsaturated/α-hetero) is 1. The smallest absolute Gasteiger partial charge is 0.323 e. The summed E-state index contributed by atoms with van der Waals surface area (Å²) >= 11 is 0. The van der Waals surface area contributed by atoms with Gasteiger partial charge in [0.15, 0.2) is 0 Å². The highest BCUT2D eigenvalue weighted by Gasteiger charge is 2.43. The molecule has 1 saturated carbocycles. The number of urea groups is 1. The lowest BCUT2D eigenvalue weighted by Gasteiger charge is -2.32. The molecule has 2 fully saturated rings. The van der Waals surface area contributed by atoms with Gasteiger partial charge in [0.2, 0.25) is 17.6 Å². The Morgan fingerprint density at radius 2 is 1.57 bits per heavy atom. The van der Waals surface area contributed by atoms with Crippen molar-refractivity contribution in [3.63, 3.8) is 0 Å². The lowest BCUT2D eigenvalue weighted by molar-refractivity contribution is -0.142. The van der Waals surface area contributed by atoms with Crippen molar-refractivity contribution in [1.29, 1.82) is 0 Å². The number of carbonyl (C=O) groups excluding carboxylic acids is 5. The summed E-state index contributed by atoms with van der Waals surface area (Å²) in [5, 5.41) is 16.4. The number of nitrogens with one attached hydrogen (secondary N) is 3. The number of rotatable bonds is 11. The molecular formula is C30H43N5O7. The monoisotopic (exact) mass is 585 g/mol. The highest BCUT2D eigenvalue weighted by molar-refractivity contribution is 6.37. The molecule has 3 aliphatic rings. The molecule has 1 aliphatic heterocycles. The summed E-state index contributed by atoms with van der Waals surface area (Å²) in [6, 6.07) is 4.02. The summed E-state index contributed by atoms with van der Waals surface area (Å²) in [7, 11) is 0. The number of carboxylic acids is 1. The number of hydrogen-bond acceptors (Lipinski definition) is 6. The van der Waals surface area contributed by atoms with Gasteiger partial charge in [-0.15, -0.1) is 0 Å². The fourth-order valence-corrected chi connectivity index (χ4v) is 5.40. The van der Waals surface area contributed by atoms with E-state index in [4.69, 9.17) is 10.8 Å². The minimum atomic E-state index is -1.22. The van der Waals surface area contributed by atoms with Gasteiger partial charge in [-0.2, -0.15) is 0 Å². The second kappa shape index (κ2) is 14.8. The Morgan fingerprint density at radius 3 is 2.10 bits per heavy atom. The number of hydrogen-bond donors (Lipinski definition) is 5. The predicted octanol–water partition coefficient (Wildman–Crippen LogP) is 1.15. The quantitative estimate of drug-likeness (QED) is 0.241. The number of aliphatic carboxylic acids is 1. The molecule has 1 saturated heterocycles. The molecule has 0 spiro atoms. The van der Waals surface area contributed by atoms with Crippen LogP contribution in [0.2, 0.25) is 0 Å². The summed E-state index contributed by atoms with van der Waals surface area (Å²) in [5.41, 5.74) is 7.31. The number of primary amides is 1. The first-order valence-electron chi connectivity index (χ1n) is 14.6. The summed E-state index contributed by atoms with van der Waals surface area (Å²) < 4.78 is 0. The zero-order chi connectivity index (χ0) is 31.0. The third kappa shape index (κ3) is 9.28. The van der Waals surface area contributed by atoms with Crippen LogP contribution in [0.25, 0.3) is 0 Å². The maximum atomic E-state index is 13.8. The average Bonchev–Trinajstić information content (AvgIpc) is 3.42. The average molecular weight is 586 g/mol. The largest absolute Gasteiger partial charge is 0.480 e. The molecule has 1 heterocycles. The number of nitrogens with zero attached hydrogens (tertiary/aromatic N) is 1. The second-order valence-electron chi connectivity index (χ2n) is 12.0. The van der Waals surface area contributed by atoms with Crippen LogP contribution < -0.4 is 21.7 Å². The minimum absolute atomic E-state index is 0.242. The number of ketones is 1. The molecule has 1 aromatic carbocycles. The molecule has 230 valence electrons. The summed E-state index contributed by atoms with van der Waals surface area (Å²) in [5.74, 6) is -3.41. The highest BCUT2D eigenvalue weighted by atomic mass is 16.4. The van der Waals surface area contributed by atoms with Crippen LogP contribution in [0.3, 0.4) is 0 Å². The van der Waals surface area contributed by atoms with Gasteiger partial charge in [-0.25, -0.2) is 4.79 Å². The van der Waals surface area contributed by atoms with Gasteiger partial charge in [0.05, 0.1) is 6.04 Å². The SMILES string of the molecule is CC(C)C.NC(=O)C(=O)C(CC1CC1)NC(=O)[C@@H]1CCCN1C(=O)C(NC(=O)NCC(=O)O)C1Cc2ccccc2C1. The lowest BCUT2D eigenvalue weighted by atomic mass is 9.95. The molecule has 0 bridgehead atoms. The van der Waals surface area contributed by atoms with E-state index in [9.17, 15) is 28.8 Å². The number of carbonyl (C=O) groups is 6. The van der Waals surface area contributed by atoms with E-state index >= 15 is 0 Å². The molecular weight excluding hydrogens is 542 g/mol. The first kappa shape index (κ1) is 32.6. The first-order valence-corrected chi connectivity index (χ1v) is 14.6. The van der Waals surface area contributed by atoms with Crippen LogP contribution in [-0.2, 0) is 36.8 Å². The van der Waals surface area contributed by atoms with E-state index in [1.165, 1.54) is 4.90 Å². The van der Waals surface area contributed by atoms with E-state index in [1.807, 2.05) is 24.3 Å². The second-order valence-corrected chi connectivity index (χ2v) is 12.0. The number of carboxylic acid groups (broad SMARTS) is 1. The van der Waals surface area contributed by atoms with Crippen molar-refractivity contribution >= 4 is 35.5 Å². The summed E-state index contributed by atoms with van der Waals surface area (Å²) in [4.78, 5) is 75.7. The number of amides is 5. The molecule has 0 aromatic heterocycles. The van der Waals surface area contributed by atoms with Crippen molar-refractivity contribution in [3.8, 4) is 0 Å². The number of benzene rings is 1. The highest BCUT2D eigenvalue weighted by Crippen LogP contribution is 2.34. The van der Waals surface area contributed by atoms with Crippen molar-refractivity contribution in [1.82, 2.24) is 20.9 Å². The summed E-state index contributed by atoms with van der Waals surface area (Å²) in [6.07, 6.45) is 4.12. The van der Waals surface area contributed by atoms with Crippen LogP contribution in [-0.4, -0.2) is 76.7 Å². The van der Waals surface area contributed by atoms with Crippen molar-refractivity contribution < 1.29 is 33.9 Å². The van der Waals surface area contributed by atoms with Crippen molar-refractivity contribution in [3.05, 3.63) is 35.4 Å². The molecule has 3 atom stereocenters. The van der Waals surface area contributed by atoms with Crippen LogP contribution in [0.4, 0.5) is 4.79 Å². The number of fused-ring (bicyclic) bond motifs is 1. The minimum Gasteiger partial charge on any atom is -0.480 e. The molecule has 2 aliphatic carbocycles. The molecule has 5 amide bonds. The Hall–Kier alpha value is -3.96. The van der Waals surface area contributed by atoms with Crippen LogP contribution in [0.15, 0.2) is 24.3 Å². The Bertz CT molecular complexity index is 1150. The fraction of sp³-hybridized carbons (Fsp3) is 0.600. The molecule has 4 rings (SSSR count). The molecule has 2 unspecified atom stereocenters. The normalized spacial score (nSPS) is 19.1. The van der Waals surface area contributed by atoms with Gasteiger partial charge >= 0.3 is 12.0 Å². The Labute approximate surface area is 246 Å². The fourth-order valence-electron chi connectivity index (χ4n) is 5.40. The molecule has 12 heteroatoms. The van der Waals surface area contributed by atoms with Crippen LogP contribution in [0, 0.1) is 17.8 Å². The van der Waals surface area contributed by atoms with E-state index in [2.05, 4.69) is 36.7 Å². The first-order chi connectivity index (χ1) is 19.9. The van der Waals surface area contributed by atoms with E-state index < -0.39 is 60.2 Å². The van der Waals surface area contributed by atoms with Gasteiger partial charge in [-0.1, -0.05) is 57.9 Å². The summed E-state index contributed by atoms with van der Waals surface area (Å²) in [6.45, 7) is 6.17. The predicted molar refractivity (Wildman–Crippen MR) is 154 cm³/mol. The van der Waals surface area contributed by atoms with Gasteiger partial charge in [0.1, 0.15) is 18.6 Å². The van der Waals surface area contributed by atoms with Crippen molar-refractivity contribution in [2.45, 2.75) is 83.8 Å². The van der Waals surface area contributed by atoms with Crippen LogP contribution in [0.5, 0.6) is 0 Å². The zero-order valence-electron chi connectivity index (χ0n) is 24.6. The Balaban J connectivity index is 0.00000114. The lowest BCUT2D eigenvalue weighted by Crippen LogP contribution is -2.59. The third-order valence-corrected chi connectivity index (χ3v) is 7.49. The topological polar surface area (TPSA) is 188 Å². The van der Waals surface area contributed by atoms with E-state index in [1.54, 1.807) is 0 Å². The van der Waals surface area contributed by atoms with Gasteiger partial charge in [0, 0.05) is 6.54 Å². The van der Waals surface area contributed by atoms with Gasteiger partial charge < -0.3 is 31.7 Å². The molecule has 6 N–H and O–H groups in total. The Kier molecular flexibility index (Phi) is 11.5. The van der Waals surface area contributed by atoms with Gasteiger partial charge in [0.25, 0.3) is 5.91 Å². The Morgan fingerprint density at radius 1 is 0.976 bits per heavy atom.